The second-order valence-corrected chi connectivity index (χ2v) is 7.06. The van der Waals surface area contributed by atoms with Crippen molar-refractivity contribution in [1.29, 1.82) is 0 Å². The lowest BCUT2D eigenvalue weighted by molar-refractivity contribution is -0.132. The third kappa shape index (κ3) is 3.50. The molecular weight excluding hydrogens is 312 g/mol. The summed E-state index contributed by atoms with van der Waals surface area (Å²) in [5, 5.41) is 8.43. The number of rotatable bonds is 3. The van der Waals surface area contributed by atoms with E-state index in [-0.39, 0.29) is 5.92 Å². The number of anilines is 1. The molecule has 5 heteroatoms. The predicted molar refractivity (Wildman–Crippen MR) is 97.5 cm³/mol. The van der Waals surface area contributed by atoms with Crippen molar-refractivity contribution in [2.75, 3.05) is 31.1 Å². The lowest BCUT2D eigenvalue weighted by Gasteiger charge is -2.22. The molecule has 0 bridgehead atoms. The van der Waals surface area contributed by atoms with E-state index in [0.29, 0.717) is 11.8 Å². The Kier molecular flexibility index (Phi) is 4.38. The Morgan fingerprint density at radius 1 is 1.00 bits per heavy atom. The molecule has 2 heterocycles. The summed E-state index contributed by atoms with van der Waals surface area (Å²) in [5.74, 6) is 1.82. The third-order valence-corrected chi connectivity index (χ3v) is 5.25. The van der Waals surface area contributed by atoms with E-state index < -0.39 is 0 Å². The molecule has 5 nitrogen and oxygen atoms in total. The second-order valence-electron chi connectivity index (χ2n) is 7.06. The summed E-state index contributed by atoms with van der Waals surface area (Å²) >= 11 is 0. The highest BCUT2D eigenvalue weighted by Gasteiger charge is 2.45. The Labute approximate surface area is 148 Å². The van der Waals surface area contributed by atoms with Crippen LogP contribution in [0.1, 0.15) is 30.0 Å². The normalized spacial score (nSPS) is 23.2. The quantitative estimate of drug-likeness (QED) is 0.864. The summed E-state index contributed by atoms with van der Waals surface area (Å²) in [7, 11) is 0. The lowest BCUT2D eigenvalue weighted by Crippen LogP contribution is -2.36. The molecule has 2 fully saturated rings. The van der Waals surface area contributed by atoms with Crippen LogP contribution in [0.15, 0.2) is 42.5 Å². The molecule has 1 saturated carbocycles. The zero-order chi connectivity index (χ0) is 17.2. The van der Waals surface area contributed by atoms with Gasteiger partial charge in [0.2, 0.25) is 5.91 Å². The van der Waals surface area contributed by atoms with E-state index in [9.17, 15) is 4.79 Å². The topological polar surface area (TPSA) is 49.3 Å². The van der Waals surface area contributed by atoms with E-state index in [4.69, 9.17) is 0 Å². The molecule has 2 aliphatic rings. The maximum absolute atomic E-state index is 12.9. The summed E-state index contributed by atoms with van der Waals surface area (Å²) in [5.41, 5.74) is 2.23. The van der Waals surface area contributed by atoms with Gasteiger partial charge in [-0.3, -0.25) is 4.79 Å². The van der Waals surface area contributed by atoms with Crippen LogP contribution in [0.4, 0.5) is 5.82 Å². The Morgan fingerprint density at radius 2 is 1.84 bits per heavy atom. The molecule has 1 amide bonds. The fourth-order valence-electron chi connectivity index (χ4n) is 3.70. The summed E-state index contributed by atoms with van der Waals surface area (Å²) in [6.07, 6.45) is 1.97. The van der Waals surface area contributed by atoms with Crippen molar-refractivity contribution in [2.45, 2.75) is 25.7 Å². The molecule has 25 heavy (non-hydrogen) atoms. The first-order chi connectivity index (χ1) is 12.2. The van der Waals surface area contributed by atoms with Gasteiger partial charge in [0.05, 0.1) is 5.69 Å². The van der Waals surface area contributed by atoms with Crippen molar-refractivity contribution >= 4 is 11.7 Å². The molecule has 4 rings (SSSR count). The van der Waals surface area contributed by atoms with Crippen LogP contribution in [0.2, 0.25) is 0 Å². The summed E-state index contributed by atoms with van der Waals surface area (Å²) in [6.45, 7) is 5.30. The van der Waals surface area contributed by atoms with Gasteiger partial charge in [0.15, 0.2) is 5.82 Å². The van der Waals surface area contributed by atoms with Gasteiger partial charge < -0.3 is 9.80 Å². The number of carbonyl (C=O) groups excluding carboxylic acids is 1. The first-order valence-electron chi connectivity index (χ1n) is 9.11. The van der Waals surface area contributed by atoms with Crippen LogP contribution in [0.25, 0.3) is 0 Å². The summed E-state index contributed by atoms with van der Waals surface area (Å²) in [6, 6.07) is 14.4. The van der Waals surface area contributed by atoms with Gasteiger partial charge in [-0.1, -0.05) is 30.3 Å². The van der Waals surface area contributed by atoms with Gasteiger partial charge in [0, 0.05) is 32.1 Å². The molecule has 1 aromatic carbocycles. The van der Waals surface area contributed by atoms with E-state index in [1.54, 1.807) is 0 Å². The molecule has 2 atom stereocenters. The molecular formula is C20H24N4O. The molecule has 0 radical (unpaired) electrons. The number of aryl methyl sites for hydroxylation is 1. The smallest absolute Gasteiger partial charge is 0.226 e. The first-order valence-corrected chi connectivity index (χ1v) is 9.11. The molecule has 0 unspecified atom stereocenters. The molecule has 0 spiro atoms. The first kappa shape index (κ1) is 16.1. The monoisotopic (exact) mass is 336 g/mol. The van der Waals surface area contributed by atoms with Crippen LogP contribution < -0.4 is 4.90 Å². The Morgan fingerprint density at radius 3 is 2.60 bits per heavy atom. The zero-order valence-electron chi connectivity index (χ0n) is 14.6. The van der Waals surface area contributed by atoms with Crippen LogP contribution in [0, 0.1) is 12.8 Å². The molecule has 1 aliphatic carbocycles. The summed E-state index contributed by atoms with van der Waals surface area (Å²) in [4.78, 5) is 17.2. The average Bonchev–Trinajstić information content (AvgIpc) is 3.46. The number of amides is 1. The van der Waals surface area contributed by atoms with Gasteiger partial charge in [0.25, 0.3) is 0 Å². The Bertz CT molecular complexity index is 731. The van der Waals surface area contributed by atoms with E-state index in [2.05, 4.69) is 44.3 Å². The number of aromatic nitrogens is 2. The molecule has 130 valence electrons. The largest absolute Gasteiger partial charge is 0.353 e. The van der Waals surface area contributed by atoms with E-state index in [0.717, 1.165) is 50.5 Å². The zero-order valence-corrected chi connectivity index (χ0v) is 14.6. The highest BCUT2D eigenvalue weighted by Crippen LogP contribution is 2.48. The van der Waals surface area contributed by atoms with E-state index in [1.165, 1.54) is 5.56 Å². The fraction of sp³-hybridized carbons (Fsp3) is 0.450. The van der Waals surface area contributed by atoms with Gasteiger partial charge >= 0.3 is 0 Å². The molecule has 1 saturated heterocycles. The number of nitrogens with zero attached hydrogens (tertiary/aromatic N) is 4. The molecule has 0 N–H and O–H groups in total. The molecule has 2 aromatic rings. The van der Waals surface area contributed by atoms with Crippen molar-refractivity contribution < 1.29 is 4.79 Å². The van der Waals surface area contributed by atoms with Gasteiger partial charge in [-0.05, 0) is 43.4 Å². The van der Waals surface area contributed by atoms with Gasteiger partial charge in [-0.25, -0.2) is 0 Å². The minimum absolute atomic E-state index is 0.174. The standard InChI is InChI=1S/C20H24N4O/c1-15-8-9-19(22-21-15)23-10-5-11-24(13-12-23)20(25)18-14-17(18)16-6-3-2-4-7-16/h2-4,6-9,17-18H,5,10-14H2,1H3/t17-,18-/m0/s1. The number of hydrogen-bond acceptors (Lipinski definition) is 4. The second kappa shape index (κ2) is 6.82. The van der Waals surface area contributed by atoms with E-state index in [1.807, 2.05) is 25.1 Å². The average molecular weight is 336 g/mol. The van der Waals surface area contributed by atoms with Crippen LogP contribution in [0.3, 0.4) is 0 Å². The van der Waals surface area contributed by atoms with Crippen molar-refractivity contribution in [1.82, 2.24) is 15.1 Å². The number of carbonyl (C=O) groups is 1. The minimum Gasteiger partial charge on any atom is -0.353 e. The van der Waals surface area contributed by atoms with Crippen molar-refractivity contribution in [3.63, 3.8) is 0 Å². The maximum Gasteiger partial charge on any atom is 0.226 e. The predicted octanol–water partition coefficient (Wildman–Crippen LogP) is 2.63. The Balaban J connectivity index is 1.36. The number of hydrogen-bond donors (Lipinski definition) is 0. The van der Waals surface area contributed by atoms with Gasteiger partial charge in [-0.2, -0.15) is 5.10 Å². The van der Waals surface area contributed by atoms with E-state index >= 15 is 0 Å². The third-order valence-electron chi connectivity index (χ3n) is 5.25. The van der Waals surface area contributed by atoms with Crippen LogP contribution in [-0.4, -0.2) is 47.2 Å². The lowest BCUT2D eigenvalue weighted by atomic mass is 10.1. The molecule has 1 aromatic heterocycles. The van der Waals surface area contributed by atoms with Crippen LogP contribution >= 0.6 is 0 Å². The maximum atomic E-state index is 12.9. The van der Waals surface area contributed by atoms with Crippen LogP contribution in [0.5, 0.6) is 0 Å². The highest BCUT2D eigenvalue weighted by molar-refractivity contribution is 5.83. The highest BCUT2D eigenvalue weighted by atomic mass is 16.2. The number of benzene rings is 1. The van der Waals surface area contributed by atoms with Gasteiger partial charge in [0.1, 0.15) is 0 Å². The van der Waals surface area contributed by atoms with Crippen molar-refractivity contribution in [3.8, 4) is 0 Å². The SMILES string of the molecule is Cc1ccc(N2CCCN(C(=O)[C@H]3C[C@H]3c3ccccc3)CC2)nn1. The van der Waals surface area contributed by atoms with Gasteiger partial charge in [-0.15, -0.1) is 5.10 Å². The van der Waals surface area contributed by atoms with Crippen molar-refractivity contribution in [2.24, 2.45) is 5.92 Å². The van der Waals surface area contributed by atoms with Crippen molar-refractivity contribution in [3.05, 3.63) is 53.7 Å². The summed E-state index contributed by atoms with van der Waals surface area (Å²) < 4.78 is 0. The van der Waals surface area contributed by atoms with Crippen LogP contribution in [-0.2, 0) is 4.79 Å². The molecule has 1 aliphatic heterocycles. The fourth-order valence-corrected chi connectivity index (χ4v) is 3.70. The minimum atomic E-state index is 0.174. The Hall–Kier alpha value is -2.43.